The summed E-state index contributed by atoms with van der Waals surface area (Å²) in [7, 11) is 0. The minimum absolute atomic E-state index is 0.0421. The van der Waals surface area contributed by atoms with Gasteiger partial charge in [0.25, 0.3) is 0 Å². The third kappa shape index (κ3) is 4.21. The molecule has 0 saturated heterocycles. The van der Waals surface area contributed by atoms with E-state index in [9.17, 15) is 0 Å². The molecule has 20 heavy (non-hydrogen) atoms. The normalized spacial score (nSPS) is 12.7. The Hall–Kier alpha value is -1.07. The van der Waals surface area contributed by atoms with Gasteiger partial charge >= 0.3 is 0 Å². The van der Waals surface area contributed by atoms with Crippen molar-refractivity contribution < 1.29 is 4.74 Å². The maximum Gasteiger partial charge on any atom is 0.120 e. The van der Waals surface area contributed by atoms with E-state index in [0.29, 0.717) is 0 Å². The summed E-state index contributed by atoms with van der Waals surface area (Å²) in [5.41, 5.74) is 3.97. The molecule has 1 heterocycles. The smallest absolute Gasteiger partial charge is 0.120 e. The number of hydrazine groups is 1. The molecule has 108 valence electrons. The molecule has 2 rings (SSSR count). The first-order valence-electron chi connectivity index (χ1n) is 6.55. The molecule has 1 aromatic carbocycles. The number of ether oxygens (including phenoxy) is 1. The molecule has 0 saturated carbocycles. The van der Waals surface area contributed by atoms with Crippen LogP contribution in [0.4, 0.5) is 0 Å². The van der Waals surface area contributed by atoms with E-state index >= 15 is 0 Å². The van der Waals surface area contributed by atoms with Gasteiger partial charge in [-0.1, -0.05) is 23.7 Å². The summed E-state index contributed by atoms with van der Waals surface area (Å²) in [5.74, 6) is 6.55. The Morgan fingerprint density at radius 3 is 2.70 bits per heavy atom. The van der Waals surface area contributed by atoms with Crippen molar-refractivity contribution in [3.05, 3.63) is 51.2 Å². The lowest BCUT2D eigenvalue weighted by Gasteiger charge is -2.17. The van der Waals surface area contributed by atoms with Crippen LogP contribution in [-0.2, 0) is 6.42 Å². The standard InChI is InChI=1S/C15H19ClN2OS/c1-10(2)19-12-5-3-4-11(8-12)14(18-17)9-13-6-7-15(16)20-13/h3-8,10,14,18H,9,17H2,1-2H3. The topological polar surface area (TPSA) is 47.3 Å². The molecule has 0 fully saturated rings. The first-order chi connectivity index (χ1) is 9.58. The number of hydrogen-bond donors (Lipinski definition) is 2. The van der Waals surface area contributed by atoms with Crippen LogP contribution >= 0.6 is 22.9 Å². The average molecular weight is 311 g/mol. The molecule has 0 aliphatic heterocycles. The molecular weight excluding hydrogens is 292 g/mol. The Labute approximate surface area is 128 Å². The molecule has 1 atom stereocenters. The van der Waals surface area contributed by atoms with Gasteiger partial charge in [-0.25, -0.2) is 0 Å². The molecule has 1 aromatic heterocycles. The molecule has 1 unspecified atom stereocenters. The van der Waals surface area contributed by atoms with Crippen LogP contribution in [-0.4, -0.2) is 6.10 Å². The third-order valence-corrected chi connectivity index (χ3v) is 4.12. The van der Waals surface area contributed by atoms with Crippen molar-refractivity contribution in [3.8, 4) is 5.75 Å². The van der Waals surface area contributed by atoms with Crippen molar-refractivity contribution in [1.29, 1.82) is 0 Å². The number of thiophene rings is 1. The molecule has 0 spiro atoms. The summed E-state index contributed by atoms with van der Waals surface area (Å²) in [4.78, 5) is 1.20. The Morgan fingerprint density at radius 2 is 2.10 bits per heavy atom. The summed E-state index contributed by atoms with van der Waals surface area (Å²) in [6.07, 6.45) is 0.963. The quantitative estimate of drug-likeness (QED) is 0.627. The summed E-state index contributed by atoms with van der Waals surface area (Å²) < 4.78 is 6.52. The van der Waals surface area contributed by atoms with Crippen molar-refractivity contribution in [2.75, 3.05) is 0 Å². The molecule has 3 N–H and O–H groups in total. The highest BCUT2D eigenvalue weighted by atomic mass is 35.5. The van der Waals surface area contributed by atoms with E-state index in [-0.39, 0.29) is 12.1 Å². The number of rotatable bonds is 6. The van der Waals surface area contributed by atoms with Crippen LogP contribution in [0, 0.1) is 0 Å². The minimum atomic E-state index is 0.0421. The summed E-state index contributed by atoms with van der Waals surface area (Å²) >= 11 is 7.54. The Kier molecular flexibility index (Phi) is 5.43. The third-order valence-electron chi connectivity index (χ3n) is 2.87. The lowest BCUT2D eigenvalue weighted by atomic mass is 10.0. The van der Waals surface area contributed by atoms with Crippen molar-refractivity contribution in [2.45, 2.75) is 32.4 Å². The van der Waals surface area contributed by atoms with Crippen LogP contribution in [0.2, 0.25) is 4.34 Å². The Morgan fingerprint density at radius 1 is 1.30 bits per heavy atom. The lowest BCUT2D eigenvalue weighted by Crippen LogP contribution is -2.29. The molecule has 2 aromatic rings. The van der Waals surface area contributed by atoms with Gasteiger partial charge in [0.15, 0.2) is 0 Å². The van der Waals surface area contributed by atoms with Crippen molar-refractivity contribution in [1.82, 2.24) is 5.43 Å². The van der Waals surface area contributed by atoms with Gasteiger partial charge in [0.05, 0.1) is 16.5 Å². The van der Waals surface area contributed by atoms with Gasteiger partial charge in [-0.2, -0.15) is 0 Å². The first-order valence-corrected chi connectivity index (χ1v) is 7.75. The molecule has 0 bridgehead atoms. The zero-order valence-electron chi connectivity index (χ0n) is 11.6. The fourth-order valence-corrected chi connectivity index (χ4v) is 3.15. The van der Waals surface area contributed by atoms with Gasteiger partial charge in [0.1, 0.15) is 5.75 Å². The van der Waals surface area contributed by atoms with Crippen molar-refractivity contribution >= 4 is 22.9 Å². The molecule has 0 radical (unpaired) electrons. The molecular formula is C15H19ClN2OS. The van der Waals surface area contributed by atoms with E-state index in [1.165, 1.54) is 4.88 Å². The molecule has 3 nitrogen and oxygen atoms in total. The number of hydrogen-bond acceptors (Lipinski definition) is 4. The van der Waals surface area contributed by atoms with Gasteiger partial charge in [-0.05, 0) is 43.7 Å². The molecule has 0 aliphatic rings. The average Bonchev–Trinajstić information content (AvgIpc) is 2.81. The van der Waals surface area contributed by atoms with Gasteiger partial charge in [0, 0.05) is 11.3 Å². The molecule has 0 aliphatic carbocycles. The number of benzene rings is 1. The van der Waals surface area contributed by atoms with Gasteiger partial charge in [0.2, 0.25) is 0 Å². The number of halogens is 1. The summed E-state index contributed by atoms with van der Waals surface area (Å²) in [6.45, 7) is 4.03. The number of nitrogens with one attached hydrogen (secondary N) is 1. The van der Waals surface area contributed by atoms with E-state index in [2.05, 4.69) is 5.43 Å². The lowest BCUT2D eigenvalue weighted by molar-refractivity contribution is 0.242. The van der Waals surface area contributed by atoms with E-state index < -0.39 is 0 Å². The van der Waals surface area contributed by atoms with Crippen LogP contribution in [0.25, 0.3) is 0 Å². The largest absolute Gasteiger partial charge is 0.491 e. The first kappa shape index (κ1) is 15.3. The molecule has 0 amide bonds. The minimum Gasteiger partial charge on any atom is -0.491 e. The van der Waals surface area contributed by atoms with E-state index in [1.54, 1.807) is 11.3 Å². The monoisotopic (exact) mass is 310 g/mol. The van der Waals surface area contributed by atoms with E-state index in [1.807, 2.05) is 50.2 Å². The second-order valence-electron chi connectivity index (χ2n) is 4.87. The predicted octanol–water partition coefficient (Wildman–Crippen LogP) is 3.94. The summed E-state index contributed by atoms with van der Waals surface area (Å²) in [5, 5.41) is 0. The van der Waals surface area contributed by atoms with Crippen molar-refractivity contribution in [3.63, 3.8) is 0 Å². The maximum atomic E-state index is 5.96. The van der Waals surface area contributed by atoms with Gasteiger partial charge in [-0.3, -0.25) is 11.3 Å². The second kappa shape index (κ2) is 7.09. The van der Waals surface area contributed by atoms with E-state index in [4.69, 9.17) is 22.2 Å². The number of nitrogens with two attached hydrogens (primary N) is 1. The van der Waals surface area contributed by atoms with Crippen LogP contribution in [0.1, 0.15) is 30.3 Å². The summed E-state index contributed by atoms with van der Waals surface area (Å²) in [6, 6.07) is 12.0. The Balaban J connectivity index is 2.14. The van der Waals surface area contributed by atoms with Gasteiger partial charge in [-0.15, -0.1) is 11.3 Å². The molecule has 5 heteroatoms. The van der Waals surface area contributed by atoms with Gasteiger partial charge < -0.3 is 4.74 Å². The van der Waals surface area contributed by atoms with Crippen molar-refractivity contribution in [2.24, 2.45) is 5.84 Å². The van der Waals surface area contributed by atoms with Crippen LogP contribution < -0.4 is 16.0 Å². The van der Waals surface area contributed by atoms with Crippen LogP contribution in [0.5, 0.6) is 5.75 Å². The zero-order chi connectivity index (χ0) is 14.5. The fraction of sp³-hybridized carbons (Fsp3) is 0.333. The highest BCUT2D eigenvalue weighted by Gasteiger charge is 2.13. The Bertz CT molecular complexity index is 556. The fourth-order valence-electron chi connectivity index (χ4n) is 2.01. The zero-order valence-corrected chi connectivity index (χ0v) is 13.2. The van der Waals surface area contributed by atoms with Crippen LogP contribution in [0.3, 0.4) is 0 Å². The highest BCUT2D eigenvalue weighted by molar-refractivity contribution is 7.16. The second-order valence-corrected chi connectivity index (χ2v) is 6.67. The van der Waals surface area contributed by atoms with E-state index in [0.717, 1.165) is 22.1 Å². The maximum absolute atomic E-state index is 5.96. The van der Waals surface area contributed by atoms with Crippen LogP contribution in [0.15, 0.2) is 36.4 Å². The SMILES string of the molecule is CC(C)Oc1cccc(C(Cc2ccc(Cl)s2)NN)c1. The highest BCUT2D eigenvalue weighted by Crippen LogP contribution is 2.27. The predicted molar refractivity (Wildman–Crippen MR) is 85.3 cm³/mol.